The summed E-state index contributed by atoms with van der Waals surface area (Å²) in [6.45, 7) is 0. The highest BCUT2D eigenvalue weighted by Crippen LogP contribution is 2.30. The van der Waals surface area contributed by atoms with Gasteiger partial charge in [-0.25, -0.2) is 0 Å². The van der Waals surface area contributed by atoms with Crippen LogP contribution < -0.4 is 15.4 Å². The molecule has 3 rings (SSSR count). The van der Waals surface area contributed by atoms with Gasteiger partial charge in [-0.1, -0.05) is 35.2 Å². The summed E-state index contributed by atoms with van der Waals surface area (Å²) >= 11 is 2.12. The molecule has 0 unspecified atom stereocenters. The van der Waals surface area contributed by atoms with Crippen molar-refractivity contribution in [3.8, 4) is 5.75 Å². The van der Waals surface area contributed by atoms with E-state index in [1.165, 1.54) is 13.2 Å². The van der Waals surface area contributed by atoms with Crippen molar-refractivity contribution in [2.75, 3.05) is 23.5 Å². The summed E-state index contributed by atoms with van der Waals surface area (Å²) in [5.41, 5.74) is -0.496. The molecule has 0 saturated carbocycles. The number of alkyl halides is 3. The van der Waals surface area contributed by atoms with E-state index in [0.717, 1.165) is 41.3 Å². The lowest BCUT2D eigenvalue weighted by molar-refractivity contribution is -0.137. The quantitative estimate of drug-likeness (QED) is 0.390. The summed E-state index contributed by atoms with van der Waals surface area (Å²) in [4.78, 5) is 24.3. The number of hydrogen-bond acceptors (Lipinski definition) is 7. The number of carbonyl (C=O) groups is 2. The van der Waals surface area contributed by atoms with E-state index in [1.807, 2.05) is 0 Å². The van der Waals surface area contributed by atoms with Crippen molar-refractivity contribution >= 4 is 45.7 Å². The Morgan fingerprint density at radius 3 is 2.61 bits per heavy atom. The van der Waals surface area contributed by atoms with Gasteiger partial charge in [-0.3, -0.25) is 14.9 Å². The normalized spacial score (nSPS) is 11.1. The van der Waals surface area contributed by atoms with Crippen LogP contribution in [0.4, 0.5) is 24.0 Å². The van der Waals surface area contributed by atoms with Gasteiger partial charge in [-0.2, -0.15) is 13.2 Å². The van der Waals surface area contributed by atoms with Gasteiger partial charge in [0.15, 0.2) is 4.34 Å². The molecule has 7 nitrogen and oxygen atoms in total. The minimum Gasteiger partial charge on any atom is -0.497 e. The van der Waals surface area contributed by atoms with Crippen LogP contribution >= 0.6 is 23.1 Å². The summed E-state index contributed by atoms with van der Waals surface area (Å²) in [5, 5.41) is 12.9. The SMILES string of the molecule is COc1cccc(NC(=O)CSc2nnc(NC(=O)c3cccc(C(F)(F)F)c3)s2)c1. The molecule has 0 aliphatic carbocycles. The number of aromatic nitrogens is 2. The van der Waals surface area contributed by atoms with Gasteiger partial charge in [0.25, 0.3) is 5.91 Å². The maximum absolute atomic E-state index is 12.8. The molecule has 2 N–H and O–H groups in total. The Balaban J connectivity index is 1.54. The first-order valence-electron chi connectivity index (χ1n) is 8.63. The lowest BCUT2D eigenvalue weighted by Crippen LogP contribution is -2.13. The van der Waals surface area contributed by atoms with Gasteiger partial charge in [0.05, 0.1) is 18.4 Å². The number of nitrogens with one attached hydrogen (secondary N) is 2. The Labute approximate surface area is 183 Å². The van der Waals surface area contributed by atoms with E-state index in [2.05, 4.69) is 20.8 Å². The average molecular weight is 468 g/mol. The third kappa shape index (κ3) is 6.43. The van der Waals surface area contributed by atoms with Crippen LogP contribution in [0, 0.1) is 0 Å². The summed E-state index contributed by atoms with van der Waals surface area (Å²) in [7, 11) is 1.52. The fourth-order valence-corrected chi connectivity index (χ4v) is 3.90. The Bertz CT molecular complexity index is 1090. The van der Waals surface area contributed by atoms with Gasteiger partial charge in [0, 0.05) is 17.3 Å². The predicted molar refractivity (Wildman–Crippen MR) is 112 cm³/mol. The first kappa shape index (κ1) is 22.6. The van der Waals surface area contributed by atoms with Crippen LogP contribution in [-0.2, 0) is 11.0 Å². The minimum atomic E-state index is -4.55. The zero-order valence-corrected chi connectivity index (χ0v) is 17.5. The van der Waals surface area contributed by atoms with E-state index in [1.54, 1.807) is 24.3 Å². The highest BCUT2D eigenvalue weighted by molar-refractivity contribution is 8.01. The molecule has 0 fully saturated rings. The molecule has 0 spiro atoms. The van der Waals surface area contributed by atoms with Crippen LogP contribution in [0.3, 0.4) is 0 Å². The number of amides is 2. The molecule has 0 radical (unpaired) electrons. The number of benzene rings is 2. The number of ether oxygens (including phenoxy) is 1. The molecule has 162 valence electrons. The fraction of sp³-hybridized carbons (Fsp3) is 0.158. The Hall–Kier alpha value is -3.12. The second-order valence-electron chi connectivity index (χ2n) is 5.97. The molecule has 3 aromatic rings. The third-order valence-electron chi connectivity index (χ3n) is 3.76. The molecule has 0 atom stereocenters. The van der Waals surface area contributed by atoms with E-state index in [9.17, 15) is 22.8 Å². The van der Waals surface area contributed by atoms with Crippen LogP contribution in [0.1, 0.15) is 15.9 Å². The molecule has 0 aliphatic heterocycles. The number of rotatable bonds is 7. The molecule has 31 heavy (non-hydrogen) atoms. The van der Waals surface area contributed by atoms with E-state index in [0.29, 0.717) is 15.8 Å². The number of methoxy groups -OCH3 is 1. The van der Waals surface area contributed by atoms with E-state index in [4.69, 9.17) is 4.74 Å². The summed E-state index contributed by atoms with van der Waals surface area (Å²) in [5.74, 6) is -0.360. The number of anilines is 2. The van der Waals surface area contributed by atoms with Crippen molar-refractivity contribution in [3.05, 3.63) is 59.7 Å². The van der Waals surface area contributed by atoms with Crippen molar-refractivity contribution < 1.29 is 27.5 Å². The minimum absolute atomic E-state index is 0.0490. The van der Waals surface area contributed by atoms with Crippen molar-refractivity contribution in [1.29, 1.82) is 0 Å². The topological polar surface area (TPSA) is 93.2 Å². The molecule has 1 heterocycles. The largest absolute Gasteiger partial charge is 0.497 e. The first-order chi connectivity index (χ1) is 14.7. The van der Waals surface area contributed by atoms with Gasteiger partial charge in [-0.05, 0) is 30.3 Å². The van der Waals surface area contributed by atoms with Gasteiger partial charge >= 0.3 is 6.18 Å². The lowest BCUT2D eigenvalue weighted by Gasteiger charge is -2.08. The number of carbonyl (C=O) groups excluding carboxylic acids is 2. The zero-order chi connectivity index (χ0) is 22.4. The second kappa shape index (κ2) is 9.79. The monoisotopic (exact) mass is 468 g/mol. The highest BCUT2D eigenvalue weighted by atomic mass is 32.2. The smallest absolute Gasteiger partial charge is 0.416 e. The standard InChI is InChI=1S/C19H15F3N4O3S2/c1-29-14-7-3-6-13(9-14)23-15(27)10-30-18-26-25-17(31-18)24-16(28)11-4-2-5-12(8-11)19(20,21)22/h2-9H,10H2,1H3,(H,23,27)(H,24,25,28). The summed E-state index contributed by atoms with van der Waals surface area (Å²) in [6, 6.07) is 10.9. The number of nitrogens with zero attached hydrogens (tertiary/aromatic N) is 2. The molecule has 0 saturated heterocycles. The van der Waals surface area contributed by atoms with Crippen molar-refractivity contribution in [1.82, 2.24) is 10.2 Å². The van der Waals surface area contributed by atoms with Crippen molar-refractivity contribution in [2.45, 2.75) is 10.5 Å². The van der Waals surface area contributed by atoms with Crippen molar-refractivity contribution in [2.24, 2.45) is 0 Å². The Morgan fingerprint density at radius 2 is 1.87 bits per heavy atom. The van der Waals surface area contributed by atoms with E-state index < -0.39 is 17.6 Å². The van der Waals surface area contributed by atoms with Gasteiger partial charge in [0.1, 0.15) is 5.75 Å². The predicted octanol–water partition coefficient (Wildman–Crippen LogP) is 4.55. The van der Waals surface area contributed by atoms with Gasteiger partial charge in [-0.15, -0.1) is 10.2 Å². The van der Waals surface area contributed by atoms with Gasteiger partial charge in [0.2, 0.25) is 11.0 Å². The lowest BCUT2D eigenvalue weighted by atomic mass is 10.1. The molecular weight excluding hydrogens is 453 g/mol. The van der Waals surface area contributed by atoms with Gasteiger partial charge < -0.3 is 10.1 Å². The number of hydrogen-bond donors (Lipinski definition) is 2. The first-order valence-corrected chi connectivity index (χ1v) is 10.4. The number of thioether (sulfide) groups is 1. The maximum atomic E-state index is 12.8. The molecule has 0 aliphatic rings. The Morgan fingerprint density at radius 1 is 1.10 bits per heavy atom. The van der Waals surface area contributed by atoms with E-state index >= 15 is 0 Å². The molecule has 0 bridgehead atoms. The third-order valence-corrected chi connectivity index (χ3v) is 5.73. The zero-order valence-electron chi connectivity index (χ0n) is 15.9. The van der Waals surface area contributed by atoms with Crippen LogP contribution in [0.15, 0.2) is 52.9 Å². The molecule has 2 aromatic carbocycles. The van der Waals surface area contributed by atoms with Crippen LogP contribution in [0.25, 0.3) is 0 Å². The van der Waals surface area contributed by atoms with Crippen LogP contribution in [-0.4, -0.2) is 34.9 Å². The average Bonchev–Trinajstić information content (AvgIpc) is 3.19. The Kier molecular flexibility index (Phi) is 7.13. The van der Waals surface area contributed by atoms with E-state index in [-0.39, 0.29) is 22.4 Å². The summed E-state index contributed by atoms with van der Waals surface area (Å²) < 4.78 is 43.9. The molecule has 1 aromatic heterocycles. The number of halogens is 3. The molecular formula is C19H15F3N4O3S2. The highest BCUT2D eigenvalue weighted by Gasteiger charge is 2.31. The van der Waals surface area contributed by atoms with Crippen LogP contribution in [0.5, 0.6) is 5.75 Å². The van der Waals surface area contributed by atoms with Crippen molar-refractivity contribution in [3.63, 3.8) is 0 Å². The maximum Gasteiger partial charge on any atom is 0.416 e. The summed E-state index contributed by atoms with van der Waals surface area (Å²) in [6.07, 6.45) is -4.55. The molecule has 2 amide bonds. The second-order valence-corrected chi connectivity index (χ2v) is 8.17. The molecule has 12 heteroatoms. The van der Waals surface area contributed by atoms with Crippen LogP contribution in [0.2, 0.25) is 0 Å². The fourth-order valence-electron chi connectivity index (χ4n) is 2.35.